The average molecular weight is 329 g/mol. The first-order chi connectivity index (χ1) is 11.7. The Bertz CT molecular complexity index is 747. The van der Waals surface area contributed by atoms with E-state index < -0.39 is 0 Å². The number of hydrogen-bond donors (Lipinski definition) is 1. The van der Waals surface area contributed by atoms with Crippen LogP contribution in [0.5, 0.6) is 11.5 Å². The molecule has 2 aliphatic rings. The highest BCUT2D eigenvalue weighted by Gasteiger charge is 2.43. The molecular weight excluding hydrogens is 309 g/mol. The Labute approximate surface area is 140 Å². The van der Waals surface area contributed by atoms with Gasteiger partial charge in [-0.05, 0) is 24.1 Å². The molecule has 0 amide bonds. The Kier molecular flexibility index (Phi) is 3.81. The van der Waals surface area contributed by atoms with Crippen molar-refractivity contribution in [3.8, 4) is 11.5 Å². The SMILES string of the molecule is COc1cc2c(c(OC)c1)[C@@H]1OCC[C@@H]1[C@H](c1ccc(F)cc1)N2. The van der Waals surface area contributed by atoms with E-state index in [-0.39, 0.29) is 23.9 Å². The van der Waals surface area contributed by atoms with Crippen molar-refractivity contribution in [1.29, 1.82) is 0 Å². The minimum absolute atomic E-state index is 0.0304. The normalized spacial score (nSPS) is 24.7. The molecule has 3 atom stereocenters. The van der Waals surface area contributed by atoms with Crippen LogP contribution in [0, 0.1) is 11.7 Å². The van der Waals surface area contributed by atoms with Gasteiger partial charge in [0.2, 0.25) is 0 Å². The summed E-state index contributed by atoms with van der Waals surface area (Å²) in [6.45, 7) is 0.712. The Morgan fingerprint density at radius 2 is 1.92 bits per heavy atom. The molecule has 0 radical (unpaired) electrons. The van der Waals surface area contributed by atoms with E-state index in [1.54, 1.807) is 14.2 Å². The van der Waals surface area contributed by atoms with Crippen molar-refractivity contribution in [3.05, 3.63) is 53.3 Å². The van der Waals surface area contributed by atoms with Crippen LogP contribution in [0.3, 0.4) is 0 Å². The summed E-state index contributed by atoms with van der Waals surface area (Å²) in [6.07, 6.45) is 0.922. The fourth-order valence-corrected chi connectivity index (χ4v) is 3.82. The number of halogens is 1. The minimum atomic E-state index is -0.225. The van der Waals surface area contributed by atoms with E-state index in [9.17, 15) is 4.39 Å². The van der Waals surface area contributed by atoms with E-state index in [1.807, 2.05) is 24.3 Å². The molecule has 1 fully saturated rings. The number of anilines is 1. The van der Waals surface area contributed by atoms with Gasteiger partial charge in [-0.3, -0.25) is 0 Å². The number of rotatable bonds is 3. The highest BCUT2D eigenvalue weighted by Crippen LogP contribution is 2.53. The molecule has 1 N–H and O–H groups in total. The van der Waals surface area contributed by atoms with Crippen LogP contribution in [-0.4, -0.2) is 20.8 Å². The molecular formula is C19H20FNO3. The predicted octanol–water partition coefficient (Wildman–Crippen LogP) is 4.09. The standard InChI is InChI=1S/C19H20FNO3/c1-22-13-9-15-17(16(10-13)23-2)19-14(7-8-24-19)18(21-15)11-3-5-12(20)6-4-11/h3-6,9-10,14,18-19,21H,7-8H2,1-2H3/t14-,18+,19-/m1/s1. The van der Waals surface area contributed by atoms with Crippen molar-refractivity contribution < 1.29 is 18.6 Å². The van der Waals surface area contributed by atoms with E-state index in [0.717, 1.165) is 34.7 Å². The smallest absolute Gasteiger partial charge is 0.130 e. The van der Waals surface area contributed by atoms with E-state index >= 15 is 0 Å². The first kappa shape index (κ1) is 15.3. The average Bonchev–Trinajstić information content (AvgIpc) is 3.10. The molecule has 0 unspecified atom stereocenters. The van der Waals surface area contributed by atoms with E-state index in [4.69, 9.17) is 14.2 Å². The zero-order valence-corrected chi connectivity index (χ0v) is 13.7. The minimum Gasteiger partial charge on any atom is -0.497 e. The monoisotopic (exact) mass is 329 g/mol. The molecule has 2 aromatic rings. The summed E-state index contributed by atoms with van der Waals surface area (Å²) in [7, 11) is 3.29. The van der Waals surface area contributed by atoms with Gasteiger partial charge in [0.25, 0.3) is 0 Å². The van der Waals surface area contributed by atoms with Crippen molar-refractivity contribution >= 4 is 5.69 Å². The number of nitrogens with one attached hydrogen (secondary N) is 1. The zero-order valence-electron chi connectivity index (χ0n) is 13.7. The zero-order chi connectivity index (χ0) is 16.7. The van der Waals surface area contributed by atoms with Gasteiger partial charge in [0, 0.05) is 35.9 Å². The van der Waals surface area contributed by atoms with Gasteiger partial charge < -0.3 is 19.5 Å². The maximum atomic E-state index is 13.3. The van der Waals surface area contributed by atoms with Crippen LogP contribution in [-0.2, 0) is 4.74 Å². The van der Waals surface area contributed by atoms with Gasteiger partial charge in [0.05, 0.1) is 26.4 Å². The van der Waals surface area contributed by atoms with Gasteiger partial charge in [0.15, 0.2) is 0 Å². The van der Waals surface area contributed by atoms with Crippen LogP contribution in [0.15, 0.2) is 36.4 Å². The molecule has 126 valence electrons. The van der Waals surface area contributed by atoms with Gasteiger partial charge in [-0.1, -0.05) is 12.1 Å². The maximum Gasteiger partial charge on any atom is 0.130 e. The Hall–Kier alpha value is -2.27. The van der Waals surface area contributed by atoms with Crippen LogP contribution >= 0.6 is 0 Å². The third-order valence-corrected chi connectivity index (χ3v) is 4.96. The van der Waals surface area contributed by atoms with Gasteiger partial charge in [-0.25, -0.2) is 4.39 Å². The largest absolute Gasteiger partial charge is 0.497 e. The van der Waals surface area contributed by atoms with Crippen molar-refractivity contribution in [2.75, 3.05) is 26.1 Å². The molecule has 0 spiro atoms. The van der Waals surface area contributed by atoms with Crippen molar-refractivity contribution in [3.63, 3.8) is 0 Å². The predicted molar refractivity (Wildman–Crippen MR) is 89.1 cm³/mol. The highest BCUT2D eigenvalue weighted by atomic mass is 19.1. The summed E-state index contributed by atoms with van der Waals surface area (Å²) < 4.78 is 30.3. The van der Waals surface area contributed by atoms with Gasteiger partial charge >= 0.3 is 0 Å². The van der Waals surface area contributed by atoms with Crippen molar-refractivity contribution in [2.45, 2.75) is 18.6 Å². The lowest BCUT2D eigenvalue weighted by atomic mass is 9.80. The topological polar surface area (TPSA) is 39.7 Å². The first-order valence-corrected chi connectivity index (χ1v) is 8.11. The van der Waals surface area contributed by atoms with E-state index in [1.165, 1.54) is 12.1 Å². The number of benzene rings is 2. The lowest BCUT2D eigenvalue weighted by Gasteiger charge is -2.37. The Balaban J connectivity index is 1.81. The van der Waals surface area contributed by atoms with Crippen LogP contribution in [0.4, 0.5) is 10.1 Å². The molecule has 4 rings (SSSR count). The summed E-state index contributed by atoms with van der Waals surface area (Å²) in [5.74, 6) is 1.56. The Morgan fingerprint density at radius 3 is 2.62 bits per heavy atom. The second-order valence-corrected chi connectivity index (χ2v) is 6.21. The van der Waals surface area contributed by atoms with Crippen LogP contribution < -0.4 is 14.8 Å². The molecule has 0 saturated carbocycles. The number of ether oxygens (including phenoxy) is 3. The number of fused-ring (bicyclic) bond motifs is 3. The number of methoxy groups -OCH3 is 2. The molecule has 2 aromatic carbocycles. The van der Waals surface area contributed by atoms with Gasteiger partial charge in [-0.2, -0.15) is 0 Å². The molecule has 24 heavy (non-hydrogen) atoms. The van der Waals surface area contributed by atoms with Crippen LogP contribution in [0.1, 0.15) is 29.7 Å². The summed E-state index contributed by atoms with van der Waals surface area (Å²) in [5, 5.41) is 3.59. The molecule has 2 heterocycles. The van der Waals surface area contributed by atoms with Gasteiger partial charge in [0.1, 0.15) is 17.3 Å². The number of hydrogen-bond acceptors (Lipinski definition) is 4. The maximum absolute atomic E-state index is 13.3. The van der Waals surface area contributed by atoms with E-state index in [2.05, 4.69) is 5.32 Å². The molecule has 0 bridgehead atoms. The summed E-state index contributed by atoms with van der Waals surface area (Å²) in [6, 6.07) is 10.6. The second kappa shape index (κ2) is 5.98. The second-order valence-electron chi connectivity index (χ2n) is 6.21. The lowest BCUT2D eigenvalue weighted by molar-refractivity contribution is 0.0805. The lowest BCUT2D eigenvalue weighted by Crippen LogP contribution is -2.29. The molecule has 5 heteroatoms. The van der Waals surface area contributed by atoms with Crippen LogP contribution in [0.2, 0.25) is 0 Å². The fraction of sp³-hybridized carbons (Fsp3) is 0.368. The summed E-state index contributed by atoms with van der Waals surface area (Å²) in [4.78, 5) is 0. The van der Waals surface area contributed by atoms with E-state index in [0.29, 0.717) is 6.61 Å². The molecule has 0 aliphatic carbocycles. The quantitative estimate of drug-likeness (QED) is 0.921. The van der Waals surface area contributed by atoms with Crippen molar-refractivity contribution in [2.24, 2.45) is 5.92 Å². The first-order valence-electron chi connectivity index (χ1n) is 8.11. The molecule has 1 saturated heterocycles. The summed E-state index contributed by atoms with van der Waals surface area (Å²) >= 11 is 0. The fourth-order valence-electron chi connectivity index (χ4n) is 3.82. The molecule has 2 aliphatic heterocycles. The Morgan fingerprint density at radius 1 is 1.12 bits per heavy atom. The third kappa shape index (κ3) is 2.40. The van der Waals surface area contributed by atoms with Gasteiger partial charge in [-0.15, -0.1) is 0 Å². The summed E-state index contributed by atoms with van der Waals surface area (Å²) in [5.41, 5.74) is 3.05. The van der Waals surface area contributed by atoms with Crippen molar-refractivity contribution in [1.82, 2.24) is 0 Å². The van der Waals surface area contributed by atoms with Crippen LogP contribution in [0.25, 0.3) is 0 Å². The third-order valence-electron chi connectivity index (χ3n) is 4.96. The molecule has 0 aromatic heterocycles. The highest BCUT2D eigenvalue weighted by molar-refractivity contribution is 5.65. The molecule has 4 nitrogen and oxygen atoms in total.